The second kappa shape index (κ2) is 4.11. The summed E-state index contributed by atoms with van der Waals surface area (Å²) >= 11 is 0. The molecule has 0 aliphatic carbocycles. The van der Waals surface area contributed by atoms with Crippen LogP contribution in [0.4, 0.5) is 0 Å². The van der Waals surface area contributed by atoms with Gasteiger partial charge in [-0.3, -0.25) is 9.30 Å². The first-order valence-electron chi connectivity index (χ1n) is 6.33. The lowest BCUT2D eigenvalue weighted by Crippen LogP contribution is -2.31. The van der Waals surface area contributed by atoms with E-state index in [0.717, 1.165) is 11.5 Å². The van der Waals surface area contributed by atoms with Gasteiger partial charge in [0.25, 0.3) is 0 Å². The van der Waals surface area contributed by atoms with Gasteiger partial charge in [-0.2, -0.15) is 0 Å². The van der Waals surface area contributed by atoms with E-state index in [1.807, 2.05) is 18.2 Å². The molecule has 1 aliphatic heterocycles. The first-order chi connectivity index (χ1) is 8.27. The van der Waals surface area contributed by atoms with Crippen molar-refractivity contribution in [2.75, 3.05) is 6.54 Å². The monoisotopic (exact) mass is 230 g/mol. The first-order valence-corrected chi connectivity index (χ1v) is 6.33. The van der Waals surface area contributed by atoms with E-state index in [2.05, 4.69) is 39.5 Å². The van der Waals surface area contributed by atoms with E-state index in [-0.39, 0.29) is 0 Å². The summed E-state index contributed by atoms with van der Waals surface area (Å²) in [5, 5.41) is 8.62. The van der Waals surface area contributed by atoms with Crippen LogP contribution in [0.2, 0.25) is 0 Å². The molecule has 0 spiro atoms. The molecule has 0 aromatic carbocycles. The number of nitrogens with zero attached hydrogens (tertiary/aromatic N) is 4. The van der Waals surface area contributed by atoms with Crippen LogP contribution in [0.3, 0.4) is 0 Å². The van der Waals surface area contributed by atoms with E-state index in [0.29, 0.717) is 12.1 Å². The van der Waals surface area contributed by atoms with Gasteiger partial charge in [0, 0.05) is 12.2 Å². The summed E-state index contributed by atoms with van der Waals surface area (Å²) in [7, 11) is 0. The molecule has 3 rings (SSSR count). The second-order valence-electron chi connectivity index (χ2n) is 4.98. The number of pyridine rings is 1. The lowest BCUT2D eigenvalue weighted by atomic mass is 10.2. The Hall–Kier alpha value is -1.42. The molecule has 0 N–H and O–H groups in total. The molecule has 4 heteroatoms. The predicted octanol–water partition coefficient (Wildman–Crippen LogP) is 2.27. The maximum absolute atomic E-state index is 4.38. The zero-order valence-electron chi connectivity index (χ0n) is 10.4. The van der Waals surface area contributed by atoms with Crippen molar-refractivity contribution in [1.29, 1.82) is 0 Å². The maximum Gasteiger partial charge on any atom is 0.160 e. The van der Waals surface area contributed by atoms with Crippen LogP contribution in [-0.4, -0.2) is 32.1 Å². The Kier molecular flexibility index (Phi) is 2.59. The maximum atomic E-state index is 4.38. The summed E-state index contributed by atoms with van der Waals surface area (Å²) in [5.41, 5.74) is 0.943. The van der Waals surface area contributed by atoms with E-state index in [1.165, 1.54) is 19.4 Å². The molecule has 1 aliphatic rings. The van der Waals surface area contributed by atoms with Crippen LogP contribution in [0.25, 0.3) is 5.65 Å². The SMILES string of the molecule is CC(C)N1CCC[C@H]1c1nnc2ccccn12. The minimum atomic E-state index is 0.424. The quantitative estimate of drug-likeness (QED) is 0.793. The predicted molar refractivity (Wildman–Crippen MR) is 66.8 cm³/mol. The summed E-state index contributed by atoms with van der Waals surface area (Å²) < 4.78 is 2.12. The highest BCUT2D eigenvalue weighted by Gasteiger charge is 2.31. The molecule has 0 saturated carbocycles. The van der Waals surface area contributed by atoms with E-state index in [1.54, 1.807) is 0 Å². The highest BCUT2D eigenvalue weighted by Crippen LogP contribution is 2.32. The van der Waals surface area contributed by atoms with Gasteiger partial charge in [-0.15, -0.1) is 10.2 Å². The Morgan fingerprint density at radius 1 is 1.29 bits per heavy atom. The zero-order valence-corrected chi connectivity index (χ0v) is 10.4. The topological polar surface area (TPSA) is 33.4 Å². The van der Waals surface area contributed by atoms with Crippen LogP contribution in [0.1, 0.15) is 38.6 Å². The Morgan fingerprint density at radius 2 is 2.18 bits per heavy atom. The number of fused-ring (bicyclic) bond motifs is 1. The fourth-order valence-electron chi connectivity index (χ4n) is 2.77. The molecule has 1 atom stereocenters. The third kappa shape index (κ3) is 1.72. The minimum absolute atomic E-state index is 0.424. The second-order valence-corrected chi connectivity index (χ2v) is 4.98. The standard InChI is InChI=1S/C13H18N4/c1-10(2)16-9-5-6-11(16)13-15-14-12-7-3-4-8-17(12)13/h3-4,7-8,10-11H,5-6,9H2,1-2H3/t11-/m0/s1. The molecule has 4 nitrogen and oxygen atoms in total. The van der Waals surface area contributed by atoms with E-state index in [4.69, 9.17) is 0 Å². The Balaban J connectivity index is 2.03. The molecule has 17 heavy (non-hydrogen) atoms. The first kappa shape index (κ1) is 10.7. The van der Waals surface area contributed by atoms with Gasteiger partial charge in [0.05, 0.1) is 6.04 Å². The van der Waals surface area contributed by atoms with Crippen LogP contribution in [-0.2, 0) is 0 Å². The molecule has 0 amide bonds. The van der Waals surface area contributed by atoms with E-state index < -0.39 is 0 Å². The highest BCUT2D eigenvalue weighted by atomic mass is 15.3. The smallest absolute Gasteiger partial charge is 0.160 e. The summed E-state index contributed by atoms with van der Waals surface area (Å²) in [6, 6.07) is 7.04. The number of hydrogen-bond acceptors (Lipinski definition) is 3. The van der Waals surface area contributed by atoms with Crippen molar-refractivity contribution < 1.29 is 0 Å². The van der Waals surface area contributed by atoms with Crippen LogP contribution < -0.4 is 0 Å². The average Bonchev–Trinajstić information content (AvgIpc) is 2.94. The largest absolute Gasteiger partial charge is 0.291 e. The van der Waals surface area contributed by atoms with Crippen molar-refractivity contribution >= 4 is 5.65 Å². The van der Waals surface area contributed by atoms with Gasteiger partial charge in [-0.1, -0.05) is 6.07 Å². The van der Waals surface area contributed by atoms with Crippen molar-refractivity contribution in [2.24, 2.45) is 0 Å². The summed E-state index contributed by atoms with van der Waals surface area (Å²) in [5.74, 6) is 1.09. The van der Waals surface area contributed by atoms with E-state index >= 15 is 0 Å². The lowest BCUT2D eigenvalue weighted by Gasteiger charge is -2.26. The minimum Gasteiger partial charge on any atom is -0.291 e. The van der Waals surface area contributed by atoms with Gasteiger partial charge in [0.2, 0.25) is 0 Å². The third-order valence-corrected chi connectivity index (χ3v) is 3.60. The van der Waals surface area contributed by atoms with Crippen molar-refractivity contribution in [3.05, 3.63) is 30.2 Å². The number of hydrogen-bond donors (Lipinski definition) is 0. The Labute approximate surface area is 101 Å². The summed E-state index contributed by atoms with van der Waals surface area (Å²) in [6.07, 6.45) is 4.50. The van der Waals surface area contributed by atoms with Crippen molar-refractivity contribution in [3.8, 4) is 0 Å². The summed E-state index contributed by atoms with van der Waals surface area (Å²) in [6.45, 7) is 5.67. The Bertz CT molecular complexity index is 517. The van der Waals surface area contributed by atoms with Crippen molar-refractivity contribution in [3.63, 3.8) is 0 Å². The van der Waals surface area contributed by atoms with Crippen LogP contribution in [0.5, 0.6) is 0 Å². The molecule has 2 aromatic rings. The van der Waals surface area contributed by atoms with Crippen molar-refractivity contribution in [2.45, 2.75) is 38.8 Å². The van der Waals surface area contributed by atoms with Gasteiger partial charge in [0.15, 0.2) is 11.5 Å². The molecule has 90 valence electrons. The third-order valence-electron chi connectivity index (χ3n) is 3.60. The molecule has 0 unspecified atom stereocenters. The molecule has 2 aromatic heterocycles. The van der Waals surface area contributed by atoms with Crippen LogP contribution in [0.15, 0.2) is 24.4 Å². The molecule has 1 fully saturated rings. The van der Waals surface area contributed by atoms with Crippen molar-refractivity contribution in [1.82, 2.24) is 19.5 Å². The number of rotatable bonds is 2. The fraction of sp³-hybridized carbons (Fsp3) is 0.538. The molecular weight excluding hydrogens is 212 g/mol. The average molecular weight is 230 g/mol. The molecule has 0 radical (unpaired) electrons. The van der Waals surface area contributed by atoms with Gasteiger partial charge in [0.1, 0.15) is 0 Å². The van der Waals surface area contributed by atoms with Crippen LogP contribution >= 0.6 is 0 Å². The summed E-state index contributed by atoms with van der Waals surface area (Å²) in [4.78, 5) is 2.52. The van der Waals surface area contributed by atoms with Gasteiger partial charge < -0.3 is 0 Å². The molecule has 0 bridgehead atoms. The van der Waals surface area contributed by atoms with Gasteiger partial charge in [-0.05, 0) is 45.4 Å². The normalized spacial score (nSPS) is 21.7. The highest BCUT2D eigenvalue weighted by molar-refractivity contribution is 5.37. The van der Waals surface area contributed by atoms with Crippen LogP contribution in [0, 0.1) is 0 Å². The number of likely N-dealkylation sites (tertiary alicyclic amines) is 1. The zero-order chi connectivity index (χ0) is 11.8. The lowest BCUT2D eigenvalue weighted by molar-refractivity contribution is 0.197. The number of aromatic nitrogens is 3. The molecular formula is C13H18N4. The van der Waals surface area contributed by atoms with Gasteiger partial charge in [-0.25, -0.2) is 0 Å². The van der Waals surface area contributed by atoms with E-state index in [9.17, 15) is 0 Å². The molecule has 1 saturated heterocycles. The fourth-order valence-corrected chi connectivity index (χ4v) is 2.77. The van der Waals surface area contributed by atoms with Gasteiger partial charge >= 0.3 is 0 Å². The Morgan fingerprint density at radius 3 is 3.00 bits per heavy atom. The molecule has 3 heterocycles.